The smallest absolute Gasteiger partial charge is 0.119 e. The van der Waals surface area contributed by atoms with Gasteiger partial charge in [0.2, 0.25) is 0 Å². The van der Waals surface area contributed by atoms with Crippen molar-refractivity contribution in [3.8, 4) is 5.75 Å². The molecule has 1 aliphatic heterocycles. The maximum absolute atomic E-state index is 5.74. The van der Waals surface area contributed by atoms with Crippen molar-refractivity contribution in [2.24, 2.45) is 0 Å². The highest BCUT2D eigenvalue weighted by molar-refractivity contribution is 5.20. The molecule has 3 heteroatoms. The van der Waals surface area contributed by atoms with Crippen molar-refractivity contribution < 1.29 is 4.74 Å². The van der Waals surface area contributed by atoms with Crippen LogP contribution < -0.4 is 10.1 Å². The lowest BCUT2D eigenvalue weighted by Crippen LogP contribution is -2.46. The predicted octanol–water partition coefficient (Wildman–Crippen LogP) is 2.53. The highest BCUT2D eigenvalue weighted by Gasteiger charge is 2.23. The van der Waals surface area contributed by atoms with Gasteiger partial charge in [-0.25, -0.2) is 0 Å². The van der Waals surface area contributed by atoms with Gasteiger partial charge in [0.25, 0.3) is 0 Å². The third-order valence-electron chi connectivity index (χ3n) is 3.50. The van der Waals surface area contributed by atoms with E-state index >= 15 is 0 Å². The number of nitrogens with zero attached hydrogens (tertiary/aromatic N) is 1. The Morgan fingerprint density at radius 2 is 2.05 bits per heavy atom. The van der Waals surface area contributed by atoms with Gasteiger partial charge in [-0.05, 0) is 51.9 Å². The van der Waals surface area contributed by atoms with E-state index in [9.17, 15) is 0 Å². The van der Waals surface area contributed by atoms with Crippen LogP contribution in [0.2, 0.25) is 0 Å². The average molecular weight is 262 g/mol. The standard InChI is InChI=1S/C16H26N2O/c1-16(2)14-18(11-6-10-17-16)12-7-13-19-15-8-4-3-5-9-15/h3-5,8-9,17H,6-7,10-14H2,1-2H3. The van der Waals surface area contributed by atoms with E-state index in [2.05, 4.69) is 24.1 Å². The Morgan fingerprint density at radius 1 is 1.26 bits per heavy atom. The molecule has 106 valence electrons. The second kappa shape index (κ2) is 6.92. The molecule has 1 heterocycles. The van der Waals surface area contributed by atoms with E-state index in [1.807, 2.05) is 30.3 Å². The third kappa shape index (κ3) is 5.21. The Balaban J connectivity index is 1.67. The average Bonchev–Trinajstić information content (AvgIpc) is 2.57. The molecule has 1 aromatic carbocycles. The molecule has 0 atom stereocenters. The molecule has 1 aliphatic rings. The van der Waals surface area contributed by atoms with E-state index < -0.39 is 0 Å². The van der Waals surface area contributed by atoms with Gasteiger partial charge in [-0.15, -0.1) is 0 Å². The van der Waals surface area contributed by atoms with Crippen LogP contribution in [0.15, 0.2) is 30.3 Å². The summed E-state index contributed by atoms with van der Waals surface area (Å²) in [4.78, 5) is 2.55. The van der Waals surface area contributed by atoms with Crippen molar-refractivity contribution in [2.75, 3.05) is 32.8 Å². The minimum absolute atomic E-state index is 0.233. The van der Waals surface area contributed by atoms with Gasteiger partial charge in [0.05, 0.1) is 6.61 Å². The topological polar surface area (TPSA) is 24.5 Å². The molecule has 0 aromatic heterocycles. The summed E-state index contributed by atoms with van der Waals surface area (Å²) in [6, 6.07) is 10.1. The highest BCUT2D eigenvalue weighted by atomic mass is 16.5. The van der Waals surface area contributed by atoms with Crippen molar-refractivity contribution in [3.63, 3.8) is 0 Å². The molecule has 0 amide bonds. The summed E-state index contributed by atoms with van der Waals surface area (Å²) in [7, 11) is 0. The molecular weight excluding hydrogens is 236 g/mol. The summed E-state index contributed by atoms with van der Waals surface area (Å²) in [6.07, 6.45) is 2.33. The van der Waals surface area contributed by atoms with Gasteiger partial charge in [-0.3, -0.25) is 0 Å². The van der Waals surface area contributed by atoms with Crippen molar-refractivity contribution in [3.05, 3.63) is 30.3 Å². The molecule has 2 rings (SSSR count). The van der Waals surface area contributed by atoms with E-state index in [1.54, 1.807) is 0 Å². The largest absolute Gasteiger partial charge is 0.494 e. The quantitative estimate of drug-likeness (QED) is 0.825. The zero-order chi connectivity index (χ0) is 13.6. The van der Waals surface area contributed by atoms with Gasteiger partial charge in [-0.1, -0.05) is 18.2 Å². The summed E-state index contributed by atoms with van der Waals surface area (Å²) in [5.41, 5.74) is 0.233. The van der Waals surface area contributed by atoms with Crippen molar-refractivity contribution >= 4 is 0 Å². The summed E-state index contributed by atoms with van der Waals surface area (Å²) < 4.78 is 5.74. The molecule has 0 radical (unpaired) electrons. The maximum atomic E-state index is 5.74. The van der Waals surface area contributed by atoms with E-state index in [0.717, 1.165) is 38.4 Å². The fraction of sp³-hybridized carbons (Fsp3) is 0.625. The molecule has 0 bridgehead atoms. The van der Waals surface area contributed by atoms with Crippen LogP contribution in [0.5, 0.6) is 5.75 Å². The van der Waals surface area contributed by atoms with Gasteiger partial charge in [-0.2, -0.15) is 0 Å². The second-order valence-corrected chi connectivity index (χ2v) is 5.96. The maximum Gasteiger partial charge on any atom is 0.119 e. The number of nitrogens with one attached hydrogen (secondary N) is 1. The number of hydrogen-bond donors (Lipinski definition) is 1. The van der Waals surface area contributed by atoms with Crippen LogP contribution >= 0.6 is 0 Å². The highest BCUT2D eigenvalue weighted by Crippen LogP contribution is 2.12. The number of benzene rings is 1. The molecule has 0 unspecified atom stereocenters. The fourth-order valence-electron chi connectivity index (χ4n) is 2.61. The van der Waals surface area contributed by atoms with E-state index in [0.29, 0.717) is 0 Å². The van der Waals surface area contributed by atoms with Crippen LogP contribution in [0.1, 0.15) is 26.7 Å². The number of para-hydroxylation sites is 1. The first-order valence-corrected chi connectivity index (χ1v) is 7.31. The van der Waals surface area contributed by atoms with Crippen LogP contribution in [-0.2, 0) is 0 Å². The summed E-state index contributed by atoms with van der Waals surface area (Å²) in [5, 5.41) is 3.59. The number of hydrogen-bond acceptors (Lipinski definition) is 3. The molecule has 1 fully saturated rings. The van der Waals surface area contributed by atoms with Gasteiger partial charge >= 0.3 is 0 Å². The molecule has 1 saturated heterocycles. The lowest BCUT2D eigenvalue weighted by Gasteiger charge is -2.29. The van der Waals surface area contributed by atoms with Crippen LogP contribution in [-0.4, -0.2) is 43.2 Å². The summed E-state index contributed by atoms with van der Waals surface area (Å²) >= 11 is 0. The molecule has 0 saturated carbocycles. The van der Waals surface area contributed by atoms with Gasteiger partial charge in [0.15, 0.2) is 0 Å². The minimum atomic E-state index is 0.233. The Kier molecular flexibility index (Phi) is 5.23. The zero-order valence-electron chi connectivity index (χ0n) is 12.2. The first kappa shape index (κ1) is 14.4. The van der Waals surface area contributed by atoms with Crippen LogP contribution in [0.25, 0.3) is 0 Å². The molecule has 1 aromatic rings. The van der Waals surface area contributed by atoms with Crippen molar-refractivity contribution in [1.29, 1.82) is 0 Å². The predicted molar refractivity (Wildman–Crippen MR) is 79.7 cm³/mol. The fourth-order valence-corrected chi connectivity index (χ4v) is 2.61. The minimum Gasteiger partial charge on any atom is -0.494 e. The second-order valence-electron chi connectivity index (χ2n) is 5.96. The van der Waals surface area contributed by atoms with Gasteiger partial charge in [0, 0.05) is 18.6 Å². The molecule has 19 heavy (non-hydrogen) atoms. The Bertz CT molecular complexity index is 364. The zero-order valence-corrected chi connectivity index (χ0v) is 12.2. The molecular formula is C16H26N2O. The molecule has 0 spiro atoms. The van der Waals surface area contributed by atoms with Crippen LogP contribution in [0.4, 0.5) is 0 Å². The molecule has 3 nitrogen and oxygen atoms in total. The number of rotatable bonds is 5. The number of ether oxygens (including phenoxy) is 1. The van der Waals surface area contributed by atoms with Gasteiger partial charge in [0.1, 0.15) is 5.75 Å². The van der Waals surface area contributed by atoms with E-state index in [4.69, 9.17) is 4.74 Å². The monoisotopic (exact) mass is 262 g/mol. The van der Waals surface area contributed by atoms with Crippen molar-refractivity contribution in [2.45, 2.75) is 32.2 Å². The first-order valence-electron chi connectivity index (χ1n) is 7.31. The lowest BCUT2D eigenvalue weighted by molar-refractivity contribution is 0.208. The van der Waals surface area contributed by atoms with E-state index in [-0.39, 0.29) is 5.54 Å². The van der Waals surface area contributed by atoms with Crippen LogP contribution in [0, 0.1) is 0 Å². The SMILES string of the molecule is CC1(C)CN(CCCOc2ccccc2)CCCN1. The molecule has 0 aliphatic carbocycles. The summed E-state index contributed by atoms with van der Waals surface area (Å²) in [6.45, 7) is 9.94. The van der Waals surface area contributed by atoms with E-state index in [1.165, 1.54) is 13.0 Å². The Morgan fingerprint density at radius 3 is 2.84 bits per heavy atom. The molecule has 1 N–H and O–H groups in total. The Labute approximate surface area is 116 Å². The Hall–Kier alpha value is -1.06. The summed E-state index contributed by atoms with van der Waals surface area (Å²) in [5.74, 6) is 0.973. The first-order chi connectivity index (χ1) is 9.16. The third-order valence-corrected chi connectivity index (χ3v) is 3.50. The van der Waals surface area contributed by atoms with Crippen molar-refractivity contribution in [1.82, 2.24) is 10.2 Å². The van der Waals surface area contributed by atoms with Crippen LogP contribution in [0.3, 0.4) is 0 Å². The van der Waals surface area contributed by atoms with Gasteiger partial charge < -0.3 is 15.0 Å². The normalized spacial score (nSPS) is 19.9. The lowest BCUT2D eigenvalue weighted by atomic mass is 10.1.